The maximum Gasteiger partial charge on any atom is 0.362 e. The molecule has 1 amide bonds. The average molecular weight is 722 g/mol. The van der Waals surface area contributed by atoms with E-state index in [2.05, 4.69) is 61.6 Å². The standard InChI is InChI=1S/C38H37ClN7O4P/c1-44(2)51(39,48)49-25-32-23-45(38(29-17-9-4-10-18-29,30-19-11-5-12-20-30)31-21-13-6-14-22-31)24-33(50-32)46-27-42-34-35(40-26-41-36(34)46)43-37(47)28-15-7-3-8-16-28/h3-22,26-27,32-33H,23-25H2,1-2H3,(H,40,41,43,47). The minimum Gasteiger partial charge on any atom is -0.350 e. The second-order valence-corrected chi connectivity index (χ2v) is 15.6. The van der Waals surface area contributed by atoms with Crippen molar-refractivity contribution < 1.29 is 18.6 Å². The fourth-order valence-corrected chi connectivity index (χ4v) is 7.39. The number of benzene rings is 4. The molecule has 3 atom stereocenters. The van der Waals surface area contributed by atoms with Gasteiger partial charge >= 0.3 is 6.87 Å². The maximum atomic E-state index is 13.1. The lowest BCUT2D eigenvalue weighted by Crippen LogP contribution is -2.57. The highest BCUT2D eigenvalue weighted by molar-refractivity contribution is 7.83. The Morgan fingerprint density at radius 1 is 0.863 bits per heavy atom. The fourth-order valence-electron chi connectivity index (χ4n) is 6.64. The van der Waals surface area contributed by atoms with E-state index in [0.717, 1.165) is 16.7 Å². The number of carbonyl (C=O) groups excluding carboxylic acids is 1. The van der Waals surface area contributed by atoms with Gasteiger partial charge in [0, 0.05) is 18.7 Å². The summed E-state index contributed by atoms with van der Waals surface area (Å²) >= 11 is 6.35. The predicted octanol–water partition coefficient (Wildman–Crippen LogP) is 7.20. The third kappa shape index (κ3) is 6.97. The molecule has 2 aromatic heterocycles. The summed E-state index contributed by atoms with van der Waals surface area (Å²) in [6.07, 6.45) is 1.81. The summed E-state index contributed by atoms with van der Waals surface area (Å²) in [5, 5.41) is 2.88. The number of carbonyl (C=O) groups is 1. The number of halogens is 1. The highest BCUT2D eigenvalue weighted by Gasteiger charge is 2.47. The summed E-state index contributed by atoms with van der Waals surface area (Å²) in [7, 11) is 3.22. The van der Waals surface area contributed by atoms with Crippen LogP contribution in [0.3, 0.4) is 0 Å². The van der Waals surface area contributed by atoms with Gasteiger partial charge in [0.1, 0.15) is 12.6 Å². The minimum atomic E-state index is -3.60. The van der Waals surface area contributed by atoms with Gasteiger partial charge in [-0.05, 0) is 54.2 Å². The van der Waals surface area contributed by atoms with E-state index in [1.165, 1.54) is 11.0 Å². The van der Waals surface area contributed by atoms with Crippen LogP contribution >= 0.6 is 18.1 Å². The molecule has 4 aromatic carbocycles. The molecule has 3 heterocycles. The van der Waals surface area contributed by atoms with Gasteiger partial charge < -0.3 is 14.6 Å². The number of hydrogen-bond acceptors (Lipinski definition) is 8. The first-order chi connectivity index (χ1) is 24.8. The number of nitrogens with zero attached hydrogens (tertiary/aromatic N) is 6. The average Bonchev–Trinajstić information content (AvgIpc) is 3.61. The van der Waals surface area contributed by atoms with Crippen LogP contribution in [0.25, 0.3) is 11.2 Å². The Labute approximate surface area is 301 Å². The quantitative estimate of drug-likeness (QED) is 0.110. The number of ether oxygens (including phenoxy) is 1. The van der Waals surface area contributed by atoms with Crippen molar-refractivity contribution in [1.82, 2.24) is 29.1 Å². The molecule has 6 aromatic rings. The van der Waals surface area contributed by atoms with Crippen molar-refractivity contribution in [3.63, 3.8) is 0 Å². The second kappa shape index (κ2) is 14.9. The van der Waals surface area contributed by atoms with Crippen LogP contribution in [0.2, 0.25) is 0 Å². The zero-order valence-electron chi connectivity index (χ0n) is 28.1. The van der Waals surface area contributed by atoms with Gasteiger partial charge in [-0.1, -0.05) is 109 Å². The first-order valence-corrected chi connectivity index (χ1v) is 19.0. The van der Waals surface area contributed by atoms with Crippen molar-refractivity contribution in [3.8, 4) is 0 Å². The van der Waals surface area contributed by atoms with E-state index < -0.39 is 24.7 Å². The van der Waals surface area contributed by atoms with Crippen LogP contribution in [0.15, 0.2) is 134 Å². The Hall–Kier alpha value is -4.74. The van der Waals surface area contributed by atoms with Gasteiger partial charge in [-0.3, -0.25) is 18.8 Å². The van der Waals surface area contributed by atoms with Crippen LogP contribution in [0.1, 0.15) is 33.3 Å². The molecule has 3 unspecified atom stereocenters. The molecule has 0 radical (unpaired) electrons. The van der Waals surface area contributed by atoms with Crippen molar-refractivity contribution in [2.75, 3.05) is 39.1 Å². The number of imidazole rings is 1. The van der Waals surface area contributed by atoms with Crippen LogP contribution in [-0.4, -0.2) is 74.9 Å². The van der Waals surface area contributed by atoms with E-state index in [-0.39, 0.29) is 18.3 Å². The number of morpholine rings is 1. The molecule has 11 nitrogen and oxygen atoms in total. The fraction of sp³-hybridized carbons (Fsp3) is 0.211. The third-order valence-electron chi connectivity index (χ3n) is 9.03. The molecule has 51 heavy (non-hydrogen) atoms. The van der Waals surface area contributed by atoms with Gasteiger partial charge in [-0.2, -0.15) is 0 Å². The van der Waals surface area contributed by atoms with Gasteiger partial charge in [0.25, 0.3) is 5.91 Å². The highest BCUT2D eigenvalue weighted by Crippen LogP contribution is 2.54. The van der Waals surface area contributed by atoms with E-state index in [4.69, 9.17) is 20.5 Å². The summed E-state index contributed by atoms with van der Waals surface area (Å²) in [4.78, 5) is 29.0. The zero-order chi connectivity index (χ0) is 35.4. The molecule has 0 bridgehead atoms. The highest BCUT2D eigenvalue weighted by atomic mass is 35.7. The molecule has 0 spiro atoms. The monoisotopic (exact) mass is 721 g/mol. The number of aromatic nitrogens is 4. The minimum absolute atomic E-state index is 0.0413. The van der Waals surface area contributed by atoms with E-state index in [0.29, 0.717) is 29.8 Å². The number of hydrogen-bond donors (Lipinski definition) is 1. The Balaban J connectivity index is 1.34. The van der Waals surface area contributed by atoms with Gasteiger partial charge in [-0.25, -0.2) is 19.6 Å². The molecule has 1 N–H and O–H groups in total. The van der Waals surface area contributed by atoms with E-state index in [9.17, 15) is 9.36 Å². The summed E-state index contributed by atoms with van der Waals surface area (Å²) in [6, 6.07) is 40.0. The van der Waals surface area contributed by atoms with E-state index in [1.807, 2.05) is 65.2 Å². The third-order valence-corrected chi connectivity index (χ3v) is 11.7. The van der Waals surface area contributed by atoms with E-state index in [1.54, 1.807) is 44.7 Å². The first kappa shape index (κ1) is 34.7. The SMILES string of the molecule is CN(C)P(=O)(Cl)OCC1CN(C(c2ccccc2)(c2ccccc2)c2ccccc2)CC(n2cnc3c(NC(=O)c4ccccc4)ncnc32)O1. The van der Waals surface area contributed by atoms with Crippen molar-refractivity contribution in [1.29, 1.82) is 0 Å². The number of amides is 1. The number of fused-ring (bicyclic) bond motifs is 1. The number of nitrogens with one attached hydrogen (secondary N) is 1. The van der Waals surface area contributed by atoms with Crippen molar-refractivity contribution in [2.24, 2.45) is 0 Å². The predicted molar refractivity (Wildman–Crippen MR) is 198 cm³/mol. The summed E-state index contributed by atoms with van der Waals surface area (Å²) in [5.74, 6) is -0.0337. The molecule has 13 heteroatoms. The molecular weight excluding hydrogens is 685 g/mol. The molecule has 260 valence electrons. The first-order valence-electron chi connectivity index (χ1n) is 16.5. The normalized spacial score (nSPS) is 18.0. The van der Waals surface area contributed by atoms with Crippen LogP contribution in [0, 0.1) is 0 Å². The summed E-state index contributed by atoms with van der Waals surface area (Å²) < 4.78 is 29.0. The zero-order valence-corrected chi connectivity index (χ0v) is 29.8. The molecule has 0 aliphatic carbocycles. The van der Waals surface area contributed by atoms with Crippen molar-refractivity contribution in [2.45, 2.75) is 17.9 Å². The maximum absolute atomic E-state index is 13.1. The lowest BCUT2D eigenvalue weighted by molar-refractivity contribution is -0.145. The van der Waals surface area contributed by atoms with Crippen LogP contribution in [0.5, 0.6) is 0 Å². The van der Waals surface area contributed by atoms with Gasteiger partial charge in [0.2, 0.25) is 0 Å². The Morgan fingerprint density at radius 3 is 1.96 bits per heavy atom. The van der Waals surface area contributed by atoms with Crippen molar-refractivity contribution >= 4 is 41.0 Å². The number of rotatable bonds is 11. The summed E-state index contributed by atoms with van der Waals surface area (Å²) in [5.41, 5.74) is 3.77. The lowest BCUT2D eigenvalue weighted by Gasteiger charge is -2.50. The topological polar surface area (TPSA) is 115 Å². The van der Waals surface area contributed by atoms with Crippen LogP contribution < -0.4 is 5.32 Å². The Kier molecular flexibility index (Phi) is 10.1. The van der Waals surface area contributed by atoms with Crippen LogP contribution in [-0.2, 0) is 19.4 Å². The molecular formula is C38H37ClN7O4P. The molecule has 1 aliphatic rings. The second-order valence-electron chi connectivity index (χ2n) is 12.4. The molecule has 1 fully saturated rings. The molecule has 7 rings (SSSR count). The van der Waals surface area contributed by atoms with Crippen LogP contribution in [0.4, 0.5) is 5.82 Å². The molecule has 0 saturated carbocycles. The number of anilines is 1. The Morgan fingerprint density at radius 2 is 1.41 bits per heavy atom. The molecule has 1 aliphatic heterocycles. The smallest absolute Gasteiger partial charge is 0.350 e. The molecule has 1 saturated heterocycles. The Bertz CT molecular complexity index is 2040. The lowest BCUT2D eigenvalue weighted by atomic mass is 9.75. The van der Waals surface area contributed by atoms with Crippen molar-refractivity contribution in [3.05, 3.63) is 156 Å². The van der Waals surface area contributed by atoms with Gasteiger partial charge in [0.05, 0.1) is 24.6 Å². The van der Waals surface area contributed by atoms with Gasteiger partial charge in [-0.15, -0.1) is 0 Å². The largest absolute Gasteiger partial charge is 0.362 e. The van der Waals surface area contributed by atoms with Gasteiger partial charge in [0.15, 0.2) is 17.0 Å². The van der Waals surface area contributed by atoms with E-state index >= 15 is 0 Å². The summed E-state index contributed by atoms with van der Waals surface area (Å²) in [6.45, 7) is -2.85.